The molecule has 0 unspecified atom stereocenters. The highest BCUT2D eigenvalue weighted by molar-refractivity contribution is 6.42. The first-order valence-electron chi connectivity index (χ1n) is 7.68. The molecular formula is C18H13Cl2F3N2O. The van der Waals surface area contributed by atoms with Gasteiger partial charge in [-0.15, -0.1) is 0 Å². The average Bonchev–Trinajstić information content (AvgIpc) is 2.93. The lowest BCUT2D eigenvalue weighted by atomic mass is 10.1. The first-order valence-corrected chi connectivity index (χ1v) is 8.43. The van der Waals surface area contributed by atoms with Crippen molar-refractivity contribution in [3.8, 4) is 16.8 Å². The number of benzene rings is 2. The van der Waals surface area contributed by atoms with E-state index in [1.54, 1.807) is 16.8 Å². The van der Waals surface area contributed by atoms with E-state index in [1.165, 1.54) is 29.1 Å². The predicted molar refractivity (Wildman–Crippen MR) is 96.2 cm³/mol. The third-order valence-electron chi connectivity index (χ3n) is 3.93. The van der Waals surface area contributed by atoms with Crippen molar-refractivity contribution in [3.63, 3.8) is 0 Å². The van der Waals surface area contributed by atoms with E-state index < -0.39 is 17.3 Å². The lowest BCUT2D eigenvalue weighted by Gasteiger charge is -2.10. The predicted octanol–water partition coefficient (Wildman–Crippen LogP) is 5.65. The van der Waals surface area contributed by atoms with Crippen molar-refractivity contribution in [3.05, 3.63) is 74.6 Å². The Morgan fingerprint density at radius 1 is 1.04 bits per heavy atom. The highest BCUT2D eigenvalue weighted by Crippen LogP contribution is 2.32. The average molecular weight is 401 g/mol. The Morgan fingerprint density at radius 2 is 1.77 bits per heavy atom. The molecule has 3 aromatic rings. The highest BCUT2D eigenvalue weighted by atomic mass is 35.5. The molecule has 0 fully saturated rings. The van der Waals surface area contributed by atoms with Crippen LogP contribution in [0.1, 0.15) is 12.5 Å². The second kappa shape index (κ2) is 6.85. The molecule has 3 nitrogen and oxygen atoms in total. The van der Waals surface area contributed by atoms with Crippen molar-refractivity contribution < 1.29 is 13.2 Å². The van der Waals surface area contributed by atoms with Gasteiger partial charge < -0.3 is 0 Å². The maximum atomic E-state index is 13.0. The van der Waals surface area contributed by atoms with E-state index in [-0.39, 0.29) is 16.1 Å². The molecule has 0 saturated heterocycles. The minimum Gasteiger partial charge on any atom is -0.285 e. The van der Waals surface area contributed by atoms with Gasteiger partial charge in [0.1, 0.15) is 0 Å². The van der Waals surface area contributed by atoms with Gasteiger partial charge in [-0.2, -0.15) is 13.2 Å². The molecule has 0 aliphatic heterocycles. The van der Waals surface area contributed by atoms with Gasteiger partial charge >= 0.3 is 6.18 Å². The fourth-order valence-electron chi connectivity index (χ4n) is 2.67. The third-order valence-corrected chi connectivity index (χ3v) is 4.67. The molecule has 0 aliphatic carbocycles. The molecule has 136 valence electrons. The maximum absolute atomic E-state index is 13.0. The van der Waals surface area contributed by atoms with Crippen LogP contribution >= 0.6 is 23.2 Å². The Labute approximate surface area is 157 Å². The van der Waals surface area contributed by atoms with Gasteiger partial charge in [0.25, 0.3) is 5.56 Å². The minimum absolute atomic E-state index is 0.170. The molecule has 0 bridgehead atoms. The van der Waals surface area contributed by atoms with Crippen LogP contribution in [0.2, 0.25) is 10.0 Å². The van der Waals surface area contributed by atoms with Crippen LogP contribution in [-0.4, -0.2) is 9.36 Å². The van der Waals surface area contributed by atoms with Crippen LogP contribution < -0.4 is 5.56 Å². The molecule has 8 heteroatoms. The van der Waals surface area contributed by atoms with Gasteiger partial charge in [-0.05, 0) is 42.8 Å². The second-order valence-electron chi connectivity index (χ2n) is 5.59. The largest absolute Gasteiger partial charge is 0.416 e. The zero-order valence-electron chi connectivity index (χ0n) is 13.5. The van der Waals surface area contributed by atoms with Crippen LogP contribution in [0.3, 0.4) is 0 Å². The van der Waals surface area contributed by atoms with E-state index in [1.807, 2.05) is 6.92 Å². The van der Waals surface area contributed by atoms with Crippen LogP contribution in [0, 0.1) is 0 Å². The summed E-state index contributed by atoms with van der Waals surface area (Å²) in [5.74, 6) is 0. The SMILES string of the molecule is CCn1cc(-c2cccc(C(F)(F)F)c2)c(=O)n1-c1ccc(Cl)c(Cl)c1. The van der Waals surface area contributed by atoms with Gasteiger partial charge in [0.2, 0.25) is 0 Å². The number of hydrogen-bond acceptors (Lipinski definition) is 1. The van der Waals surface area contributed by atoms with Crippen LogP contribution in [0.4, 0.5) is 13.2 Å². The van der Waals surface area contributed by atoms with Gasteiger partial charge in [-0.25, -0.2) is 4.68 Å². The van der Waals surface area contributed by atoms with Crippen molar-refractivity contribution in [2.75, 3.05) is 0 Å². The van der Waals surface area contributed by atoms with Crippen LogP contribution in [0.5, 0.6) is 0 Å². The standard InChI is InChI=1S/C18H13Cl2F3N2O/c1-2-24-10-14(11-4-3-5-12(8-11)18(21,22)23)17(26)25(24)13-6-7-15(19)16(20)9-13/h3-10H,2H2,1H3. The van der Waals surface area contributed by atoms with Gasteiger partial charge in [-0.1, -0.05) is 35.3 Å². The number of alkyl halides is 3. The Balaban J connectivity index is 2.19. The molecule has 0 saturated carbocycles. The third kappa shape index (κ3) is 3.39. The monoisotopic (exact) mass is 400 g/mol. The summed E-state index contributed by atoms with van der Waals surface area (Å²) in [6.45, 7) is 2.26. The fourth-order valence-corrected chi connectivity index (χ4v) is 2.96. The Bertz CT molecular complexity index is 1020. The summed E-state index contributed by atoms with van der Waals surface area (Å²) in [6, 6.07) is 9.41. The lowest BCUT2D eigenvalue weighted by Crippen LogP contribution is -2.21. The van der Waals surface area contributed by atoms with E-state index in [2.05, 4.69) is 0 Å². The van der Waals surface area contributed by atoms with Gasteiger partial charge in [0.05, 0.1) is 26.9 Å². The molecule has 1 heterocycles. The first-order chi connectivity index (χ1) is 12.2. The van der Waals surface area contributed by atoms with E-state index in [0.717, 1.165) is 12.1 Å². The maximum Gasteiger partial charge on any atom is 0.416 e. The van der Waals surface area contributed by atoms with Crippen molar-refractivity contribution >= 4 is 23.2 Å². The Morgan fingerprint density at radius 3 is 2.38 bits per heavy atom. The summed E-state index contributed by atoms with van der Waals surface area (Å²) in [5.41, 5.74) is -0.399. The number of hydrogen-bond donors (Lipinski definition) is 0. The Kier molecular flexibility index (Phi) is 4.90. The summed E-state index contributed by atoms with van der Waals surface area (Å²) in [4.78, 5) is 12.9. The minimum atomic E-state index is -4.48. The molecule has 2 aromatic carbocycles. The quantitative estimate of drug-likeness (QED) is 0.557. The molecule has 0 aliphatic rings. The van der Waals surface area contributed by atoms with Crippen molar-refractivity contribution in [1.29, 1.82) is 0 Å². The van der Waals surface area contributed by atoms with Crippen molar-refractivity contribution in [2.24, 2.45) is 0 Å². The van der Waals surface area contributed by atoms with E-state index >= 15 is 0 Å². The van der Waals surface area contributed by atoms with Gasteiger partial charge in [0.15, 0.2) is 0 Å². The summed E-state index contributed by atoms with van der Waals surface area (Å²) in [5, 5.41) is 0.622. The summed E-state index contributed by atoms with van der Waals surface area (Å²) >= 11 is 11.9. The molecule has 0 radical (unpaired) electrons. The van der Waals surface area contributed by atoms with E-state index in [0.29, 0.717) is 17.3 Å². The number of nitrogens with zero attached hydrogens (tertiary/aromatic N) is 2. The first kappa shape index (κ1) is 18.6. The summed E-state index contributed by atoms with van der Waals surface area (Å²) in [7, 11) is 0. The van der Waals surface area contributed by atoms with Gasteiger partial charge in [-0.3, -0.25) is 9.48 Å². The molecule has 3 rings (SSSR count). The second-order valence-corrected chi connectivity index (χ2v) is 6.41. The number of rotatable bonds is 3. The molecule has 26 heavy (non-hydrogen) atoms. The molecule has 1 aromatic heterocycles. The van der Waals surface area contributed by atoms with Crippen LogP contribution in [-0.2, 0) is 12.7 Å². The fraction of sp³-hybridized carbons (Fsp3) is 0.167. The molecule has 0 spiro atoms. The molecule has 0 amide bonds. The van der Waals surface area contributed by atoms with E-state index in [9.17, 15) is 18.0 Å². The highest BCUT2D eigenvalue weighted by Gasteiger charge is 2.30. The molecule has 0 atom stereocenters. The molecule has 0 N–H and O–H groups in total. The normalized spacial score (nSPS) is 11.8. The number of aryl methyl sites for hydroxylation is 1. The number of halogens is 5. The van der Waals surface area contributed by atoms with Gasteiger partial charge in [0, 0.05) is 12.7 Å². The van der Waals surface area contributed by atoms with E-state index in [4.69, 9.17) is 23.2 Å². The zero-order valence-corrected chi connectivity index (χ0v) is 15.0. The topological polar surface area (TPSA) is 26.9 Å². The lowest BCUT2D eigenvalue weighted by molar-refractivity contribution is -0.137. The van der Waals surface area contributed by atoms with Crippen LogP contribution in [0.25, 0.3) is 16.8 Å². The smallest absolute Gasteiger partial charge is 0.285 e. The molecular weight excluding hydrogens is 388 g/mol. The summed E-state index contributed by atoms with van der Waals surface area (Å²) in [6.07, 6.45) is -2.95. The van der Waals surface area contributed by atoms with Crippen molar-refractivity contribution in [1.82, 2.24) is 9.36 Å². The zero-order chi connectivity index (χ0) is 19.1. The number of aromatic nitrogens is 2. The van der Waals surface area contributed by atoms with Crippen molar-refractivity contribution in [2.45, 2.75) is 19.6 Å². The van der Waals surface area contributed by atoms with Crippen LogP contribution in [0.15, 0.2) is 53.5 Å². The Hall–Kier alpha value is -2.18. The summed E-state index contributed by atoms with van der Waals surface area (Å²) < 4.78 is 41.9.